The van der Waals surface area contributed by atoms with Crippen LogP contribution in [0.4, 0.5) is 11.4 Å². The Hall–Kier alpha value is -2.80. The molecule has 118 valence electrons. The van der Waals surface area contributed by atoms with Crippen molar-refractivity contribution in [3.63, 3.8) is 0 Å². The van der Waals surface area contributed by atoms with Gasteiger partial charge in [0.2, 0.25) is 5.91 Å². The number of hydrogen-bond donors (Lipinski definition) is 1. The molecule has 2 rings (SSSR count). The highest BCUT2D eigenvalue weighted by Crippen LogP contribution is 2.19. The molecule has 1 N–H and O–H groups in total. The molecule has 0 aliphatic heterocycles. The molecule has 0 fully saturated rings. The SMILES string of the molecule is C[S@](=O)c1cccc(NC(=O)/C=C\c2ccccc2[N+](=O)[O-])c1. The number of rotatable bonds is 5. The zero-order valence-electron chi connectivity index (χ0n) is 12.3. The van der Waals surface area contributed by atoms with Crippen LogP contribution in [0.5, 0.6) is 0 Å². The predicted molar refractivity (Wildman–Crippen MR) is 89.5 cm³/mol. The summed E-state index contributed by atoms with van der Waals surface area (Å²) in [6.45, 7) is 0. The fourth-order valence-corrected chi connectivity index (χ4v) is 2.46. The molecule has 1 atom stereocenters. The van der Waals surface area contributed by atoms with Crippen molar-refractivity contribution >= 4 is 34.2 Å². The molecule has 0 radical (unpaired) electrons. The predicted octanol–water partition coefficient (Wildman–Crippen LogP) is 2.98. The molecule has 2 aromatic carbocycles. The van der Waals surface area contributed by atoms with E-state index in [1.165, 1.54) is 18.2 Å². The van der Waals surface area contributed by atoms with Gasteiger partial charge in [0.05, 0.1) is 10.5 Å². The maximum Gasteiger partial charge on any atom is 0.276 e. The number of nitrogens with one attached hydrogen (secondary N) is 1. The summed E-state index contributed by atoms with van der Waals surface area (Å²) in [4.78, 5) is 22.9. The summed E-state index contributed by atoms with van der Waals surface area (Å²) in [5.74, 6) is -0.429. The van der Waals surface area contributed by atoms with Crippen molar-refractivity contribution < 1.29 is 13.9 Å². The molecule has 0 unspecified atom stereocenters. The van der Waals surface area contributed by atoms with Crippen LogP contribution in [0.3, 0.4) is 0 Å². The number of carbonyl (C=O) groups is 1. The molecule has 1 amide bonds. The highest BCUT2D eigenvalue weighted by molar-refractivity contribution is 7.84. The minimum atomic E-state index is -1.14. The number of amides is 1. The second-order valence-electron chi connectivity index (χ2n) is 4.62. The second kappa shape index (κ2) is 7.46. The van der Waals surface area contributed by atoms with Crippen LogP contribution in [-0.2, 0) is 15.6 Å². The maximum atomic E-state index is 11.9. The van der Waals surface area contributed by atoms with E-state index >= 15 is 0 Å². The van der Waals surface area contributed by atoms with E-state index in [1.54, 1.807) is 48.7 Å². The molecular weight excluding hydrogens is 316 g/mol. The fourth-order valence-electron chi connectivity index (χ4n) is 1.90. The quantitative estimate of drug-likeness (QED) is 0.518. The minimum Gasteiger partial charge on any atom is -0.322 e. The van der Waals surface area contributed by atoms with Gasteiger partial charge in [0, 0.05) is 39.8 Å². The van der Waals surface area contributed by atoms with E-state index in [0.29, 0.717) is 16.1 Å². The monoisotopic (exact) mass is 330 g/mol. The summed E-state index contributed by atoms with van der Waals surface area (Å²) in [7, 11) is -1.14. The smallest absolute Gasteiger partial charge is 0.276 e. The van der Waals surface area contributed by atoms with Gasteiger partial charge in [-0.15, -0.1) is 0 Å². The maximum absolute atomic E-state index is 11.9. The first-order valence-electron chi connectivity index (χ1n) is 6.63. The molecule has 0 spiro atoms. The third-order valence-electron chi connectivity index (χ3n) is 2.98. The number of benzene rings is 2. The zero-order valence-corrected chi connectivity index (χ0v) is 13.1. The Balaban J connectivity index is 2.12. The molecule has 0 saturated carbocycles. The van der Waals surface area contributed by atoms with Crippen LogP contribution >= 0.6 is 0 Å². The van der Waals surface area contributed by atoms with Crippen molar-refractivity contribution in [2.24, 2.45) is 0 Å². The summed E-state index contributed by atoms with van der Waals surface area (Å²) in [5.41, 5.74) is 0.783. The number of anilines is 1. The fraction of sp³-hybridized carbons (Fsp3) is 0.0625. The summed E-state index contributed by atoms with van der Waals surface area (Å²) in [5, 5.41) is 13.5. The topological polar surface area (TPSA) is 89.3 Å². The highest BCUT2D eigenvalue weighted by Gasteiger charge is 2.09. The first-order valence-corrected chi connectivity index (χ1v) is 8.19. The minimum absolute atomic E-state index is 0.0695. The molecule has 0 aliphatic rings. The third kappa shape index (κ3) is 4.58. The molecule has 0 saturated heterocycles. The van der Waals surface area contributed by atoms with Crippen molar-refractivity contribution in [3.8, 4) is 0 Å². The standard InChI is InChI=1S/C16H14N2O4S/c1-23(22)14-7-4-6-13(11-14)17-16(19)10-9-12-5-2-3-8-15(12)18(20)21/h2-11H,1H3,(H,17,19)/b10-9-/t23-/m0/s1. The molecule has 0 heterocycles. The van der Waals surface area contributed by atoms with Crippen molar-refractivity contribution in [1.82, 2.24) is 0 Å². The van der Waals surface area contributed by atoms with Crippen molar-refractivity contribution in [2.45, 2.75) is 4.90 Å². The van der Waals surface area contributed by atoms with Crippen molar-refractivity contribution in [3.05, 3.63) is 70.3 Å². The molecule has 6 nitrogen and oxygen atoms in total. The molecule has 7 heteroatoms. The van der Waals surface area contributed by atoms with Crippen LogP contribution in [-0.4, -0.2) is 21.3 Å². The van der Waals surface area contributed by atoms with Crippen molar-refractivity contribution in [1.29, 1.82) is 0 Å². The molecular formula is C16H14N2O4S. The van der Waals surface area contributed by atoms with Gasteiger partial charge in [-0.1, -0.05) is 18.2 Å². The summed E-state index contributed by atoms with van der Waals surface area (Å²) < 4.78 is 11.4. The molecule has 0 aliphatic carbocycles. The molecule has 2 aromatic rings. The summed E-state index contributed by atoms with van der Waals surface area (Å²) in [6.07, 6.45) is 4.16. The lowest BCUT2D eigenvalue weighted by Crippen LogP contribution is -2.08. The van der Waals surface area contributed by atoms with Gasteiger partial charge in [0.1, 0.15) is 0 Å². The van der Waals surface area contributed by atoms with Gasteiger partial charge in [-0.2, -0.15) is 0 Å². The Morgan fingerprint density at radius 1 is 1.22 bits per heavy atom. The highest BCUT2D eigenvalue weighted by atomic mass is 32.2. The Kier molecular flexibility index (Phi) is 5.37. The van der Waals surface area contributed by atoms with Crippen LogP contribution in [0, 0.1) is 10.1 Å². The van der Waals surface area contributed by atoms with E-state index in [0.717, 1.165) is 0 Å². The van der Waals surface area contributed by atoms with E-state index in [9.17, 15) is 19.1 Å². The lowest BCUT2D eigenvalue weighted by atomic mass is 10.1. The first kappa shape index (κ1) is 16.6. The lowest BCUT2D eigenvalue weighted by molar-refractivity contribution is -0.385. The normalized spacial score (nSPS) is 12.0. The molecule has 23 heavy (non-hydrogen) atoms. The number of para-hydroxylation sites is 1. The Bertz CT molecular complexity index is 802. The number of carbonyl (C=O) groups excluding carboxylic acids is 1. The zero-order chi connectivity index (χ0) is 16.8. The van der Waals surface area contributed by atoms with Gasteiger partial charge in [0.15, 0.2) is 0 Å². The summed E-state index contributed by atoms with van der Waals surface area (Å²) in [6, 6.07) is 12.8. The van der Waals surface area contributed by atoms with E-state index < -0.39 is 21.6 Å². The number of hydrogen-bond acceptors (Lipinski definition) is 4. The van der Waals surface area contributed by atoms with Crippen LogP contribution in [0.1, 0.15) is 5.56 Å². The molecule has 0 bridgehead atoms. The van der Waals surface area contributed by atoms with E-state index in [4.69, 9.17) is 0 Å². The lowest BCUT2D eigenvalue weighted by Gasteiger charge is -2.04. The van der Waals surface area contributed by atoms with Gasteiger partial charge in [-0.3, -0.25) is 19.1 Å². The first-order chi connectivity index (χ1) is 11.0. The Morgan fingerprint density at radius 2 is 1.96 bits per heavy atom. The van der Waals surface area contributed by atoms with Gasteiger partial charge in [-0.05, 0) is 30.3 Å². The average Bonchev–Trinajstić information content (AvgIpc) is 2.53. The van der Waals surface area contributed by atoms with Crippen LogP contribution < -0.4 is 5.32 Å². The second-order valence-corrected chi connectivity index (χ2v) is 6.00. The largest absolute Gasteiger partial charge is 0.322 e. The number of nitrogens with zero attached hydrogens (tertiary/aromatic N) is 1. The van der Waals surface area contributed by atoms with Crippen LogP contribution in [0.15, 0.2) is 59.5 Å². The number of nitro benzene ring substituents is 1. The van der Waals surface area contributed by atoms with Gasteiger partial charge in [0.25, 0.3) is 5.69 Å². The summed E-state index contributed by atoms with van der Waals surface area (Å²) >= 11 is 0. The molecule has 0 aromatic heterocycles. The van der Waals surface area contributed by atoms with Gasteiger partial charge >= 0.3 is 0 Å². The number of nitro groups is 1. The average molecular weight is 330 g/mol. The van der Waals surface area contributed by atoms with Gasteiger partial charge < -0.3 is 5.32 Å². The Labute approximate surface area is 135 Å². The van der Waals surface area contributed by atoms with E-state index in [2.05, 4.69) is 5.32 Å². The van der Waals surface area contributed by atoms with Gasteiger partial charge in [-0.25, -0.2) is 0 Å². The van der Waals surface area contributed by atoms with Crippen molar-refractivity contribution in [2.75, 3.05) is 11.6 Å². The van der Waals surface area contributed by atoms with Crippen LogP contribution in [0.25, 0.3) is 6.08 Å². The Morgan fingerprint density at radius 3 is 2.65 bits per heavy atom. The third-order valence-corrected chi connectivity index (χ3v) is 3.90. The van der Waals surface area contributed by atoms with Crippen LogP contribution in [0.2, 0.25) is 0 Å². The van der Waals surface area contributed by atoms with E-state index in [1.807, 2.05) is 0 Å². The van der Waals surface area contributed by atoms with E-state index in [-0.39, 0.29) is 5.69 Å².